The van der Waals surface area contributed by atoms with E-state index in [0.717, 1.165) is 17.1 Å². The highest BCUT2D eigenvalue weighted by Gasteiger charge is 2.19. The molecule has 1 heteroatoms. The van der Waals surface area contributed by atoms with E-state index >= 15 is 0 Å². The van der Waals surface area contributed by atoms with Gasteiger partial charge < -0.3 is 4.90 Å². The summed E-state index contributed by atoms with van der Waals surface area (Å²) >= 11 is 0. The van der Waals surface area contributed by atoms with Crippen molar-refractivity contribution >= 4 is 60.2 Å². The third-order valence-electron chi connectivity index (χ3n) is 10.6. The zero-order valence-corrected chi connectivity index (χ0v) is 29.2. The smallest absolute Gasteiger partial charge is 0.0540 e. The van der Waals surface area contributed by atoms with Crippen LogP contribution < -0.4 is 4.90 Å². The maximum Gasteiger partial charge on any atom is 0.0540 e. The molecule has 0 atom stereocenters. The number of benzene rings is 10. The fraction of sp³-hybridized carbons (Fsp3) is 0. The second-order valence-corrected chi connectivity index (χ2v) is 13.7. The van der Waals surface area contributed by atoms with Gasteiger partial charge in [0.2, 0.25) is 0 Å². The minimum absolute atomic E-state index is 1.13. The highest BCUT2D eigenvalue weighted by atomic mass is 15.1. The normalized spacial score (nSPS) is 11.4. The van der Waals surface area contributed by atoms with Crippen LogP contribution in [0.3, 0.4) is 0 Å². The van der Waals surface area contributed by atoms with Crippen molar-refractivity contribution in [3.63, 3.8) is 0 Å². The lowest BCUT2D eigenvalue weighted by Crippen LogP contribution is -2.10. The number of rotatable bonds is 6. The van der Waals surface area contributed by atoms with Crippen molar-refractivity contribution in [1.29, 1.82) is 0 Å². The molecule has 0 bridgehead atoms. The summed E-state index contributed by atoms with van der Waals surface area (Å²) in [7, 11) is 0. The van der Waals surface area contributed by atoms with Gasteiger partial charge in [-0.15, -0.1) is 0 Å². The summed E-state index contributed by atoms with van der Waals surface area (Å²) in [5, 5.41) is 9.99. The molecule has 0 aromatic heterocycles. The van der Waals surface area contributed by atoms with Crippen LogP contribution in [0, 0.1) is 0 Å². The van der Waals surface area contributed by atoms with Crippen LogP contribution in [0.15, 0.2) is 212 Å². The molecule has 0 amide bonds. The maximum atomic E-state index is 2.44. The van der Waals surface area contributed by atoms with Crippen LogP contribution in [0.4, 0.5) is 17.1 Å². The van der Waals surface area contributed by atoms with Crippen molar-refractivity contribution in [2.45, 2.75) is 0 Å². The largest absolute Gasteiger partial charge is 0.310 e. The summed E-state index contributed by atoms with van der Waals surface area (Å²) in [5.74, 6) is 0. The monoisotopic (exact) mass is 673 g/mol. The lowest BCUT2D eigenvalue weighted by Gasteiger charge is -2.27. The standard InChI is InChI=1S/C52H35N/c1-4-17-36(18-5-1)37-19-16-20-38(33-37)48-34-50-45-29-13-12-28-44(45)49(35-51(50)43-27-11-10-26-42(43)48)46-31-32-52(47-30-15-14-25-41(46)47)53(39-21-6-2-7-22-39)40-23-8-3-9-24-40/h1-35H. The van der Waals surface area contributed by atoms with Crippen molar-refractivity contribution < 1.29 is 0 Å². The van der Waals surface area contributed by atoms with E-state index in [4.69, 9.17) is 0 Å². The number of anilines is 3. The maximum absolute atomic E-state index is 2.44. The van der Waals surface area contributed by atoms with E-state index in [0.29, 0.717) is 0 Å². The van der Waals surface area contributed by atoms with E-state index in [1.165, 1.54) is 76.5 Å². The van der Waals surface area contributed by atoms with Gasteiger partial charge in [0.15, 0.2) is 0 Å². The van der Waals surface area contributed by atoms with Crippen molar-refractivity contribution in [2.24, 2.45) is 0 Å². The number of hydrogen-bond acceptors (Lipinski definition) is 1. The molecule has 248 valence electrons. The molecule has 0 unspecified atom stereocenters. The molecular weight excluding hydrogens is 639 g/mol. The molecule has 0 aliphatic carbocycles. The second-order valence-electron chi connectivity index (χ2n) is 13.7. The van der Waals surface area contributed by atoms with Gasteiger partial charge in [0.25, 0.3) is 0 Å². The first kappa shape index (κ1) is 30.8. The van der Waals surface area contributed by atoms with E-state index in [1.54, 1.807) is 0 Å². The summed E-state index contributed by atoms with van der Waals surface area (Å²) in [4.78, 5) is 2.37. The fourth-order valence-electron chi connectivity index (χ4n) is 8.20. The Kier molecular flexibility index (Phi) is 7.55. The van der Waals surface area contributed by atoms with E-state index in [9.17, 15) is 0 Å². The molecule has 10 aromatic rings. The van der Waals surface area contributed by atoms with E-state index in [2.05, 4.69) is 217 Å². The first-order valence-electron chi connectivity index (χ1n) is 18.3. The van der Waals surface area contributed by atoms with Gasteiger partial charge in [0.1, 0.15) is 0 Å². The van der Waals surface area contributed by atoms with Gasteiger partial charge in [-0.1, -0.05) is 164 Å². The molecule has 10 aromatic carbocycles. The Morgan fingerprint density at radius 2 is 0.660 bits per heavy atom. The molecule has 1 nitrogen and oxygen atoms in total. The SMILES string of the molecule is c1ccc(-c2cccc(-c3cc4c5ccccc5c(-c5ccc(N(c6ccccc6)c6ccccc6)c6ccccc56)cc4c4ccccc34)c2)cc1. The summed E-state index contributed by atoms with van der Waals surface area (Å²) in [6.45, 7) is 0. The summed E-state index contributed by atoms with van der Waals surface area (Å²) in [5.41, 5.74) is 10.8. The summed E-state index contributed by atoms with van der Waals surface area (Å²) in [6, 6.07) is 77.2. The Hall–Kier alpha value is -6.96. The van der Waals surface area contributed by atoms with E-state index in [-0.39, 0.29) is 0 Å². The summed E-state index contributed by atoms with van der Waals surface area (Å²) < 4.78 is 0. The minimum Gasteiger partial charge on any atom is -0.310 e. The van der Waals surface area contributed by atoms with Crippen molar-refractivity contribution in [3.8, 4) is 33.4 Å². The summed E-state index contributed by atoms with van der Waals surface area (Å²) in [6.07, 6.45) is 0. The molecule has 0 radical (unpaired) electrons. The van der Waals surface area contributed by atoms with Crippen LogP contribution in [-0.2, 0) is 0 Å². The molecule has 0 spiro atoms. The van der Waals surface area contributed by atoms with Crippen LogP contribution in [0.25, 0.3) is 76.5 Å². The molecular formula is C52H35N. The molecule has 10 rings (SSSR count). The predicted octanol–water partition coefficient (Wildman–Crippen LogP) is 14.8. The van der Waals surface area contributed by atoms with Crippen molar-refractivity contribution in [1.82, 2.24) is 0 Å². The van der Waals surface area contributed by atoms with Crippen molar-refractivity contribution in [2.75, 3.05) is 4.90 Å². The topological polar surface area (TPSA) is 3.24 Å². The molecule has 0 saturated heterocycles. The zero-order valence-electron chi connectivity index (χ0n) is 29.2. The molecule has 53 heavy (non-hydrogen) atoms. The first-order valence-corrected chi connectivity index (χ1v) is 18.3. The van der Waals surface area contributed by atoms with Crippen LogP contribution in [-0.4, -0.2) is 0 Å². The highest BCUT2D eigenvalue weighted by Crippen LogP contribution is 2.46. The molecule has 0 aliphatic heterocycles. The van der Waals surface area contributed by atoms with Crippen LogP contribution in [0.5, 0.6) is 0 Å². The molecule has 0 N–H and O–H groups in total. The highest BCUT2D eigenvalue weighted by molar-refractivity contribution is 6.25. The molecule has 0 aliphatic rings. The predicted molar refractivity (Wildman–Crippen MR) is 227 cm³/mol. The van der Waals surface area contributed by atoms with Crippen LogP contribution >= 0.6 is 0 Å². The number of nitrogens with zero attached hydrogens (tertiary/aromatic N) is 1. The Bertz CT molecular complexity index is 2890. The zero-order chi connectivity index (χ0) is 35.1. The Morgan fingerprint density at radius 1 is 0.226 bits per heavy atom. The lowest BCUT2D eigenvalue weighted by molar-refractivity contribution is 1.30. The third-order valence-corrected chi connectivity index (χ3v) is 10.6. The van der Waals surface area contributed by atoms with Gasteiger partial charge in [-0.2, -0.15) is 0 Å². The lowest BCUT2D eigenvalue weighted by atomic mass is 9.86. The van der Waals surface area contributed by atoms with Crippen LogP contribution in [0.2, 0.25) is 0 Å². The molecule has 0 heterocycles. The van der Waals surface area contributed by atoms with Gasteiger partial charge in [0, 0.05) is 16.8 Å². The first-order chi connectivity index (χ1) is 26.3. The van der Waals surface area contributed by atoms with E-state index < -0.39 is 0 Å². The Labute approximate surface area is 309 Å². The van der Waals surface area contributed by atoms with Gasteiger partial charge in [-0.25, -0.2) is 0 Å². The average Bonchev–Trinajstić information content (AvgIpc) is 3.24. The Balaban J connectivity index is 1.22. The Morgan fingerprint density at radius 3 is 1.26 bits per heavy atom. The van der Waals surface area contributed by atoms with Gasteiger partial charge in [-0.3, -0.25) is 0 Å². The minimum atomic E-state index is 1.13. The number of hydrogen-bond donors (Lipinski definition) is 0. The van der Waals surface area contributed by atoms with E-state index in [1.807, 2.05) is 0 Å². The van der Waals surface area contributed by atoms with Gasteiger partial charge >= 0.3 is 0 Å². The fourth-order valence-corrected chi connectivity index (χ4v) is 8.20. The quantitative estimate of drug-likeness (QED) is 0.159. The number of para-hydroxylation sites is 2. The average molecular weight is 674 g/mol. The van der Waals surface area contributed by atoms with Crippen molar-refractivity contribution in [3.05, 3.63) is 212 Å². The van der Waals surface area contributed by atoms with Gasteiger partial charge in [0.05, 0.1) is 5.69 Å². The third kappa shape index (κ3) is 5.34. The molecule has 0 saturated carbocycles. The second kappa shape index (κ2) is 13.0. The van der Waals surface area contributed by atoms with Crippen LogP contribution in [0.1, 0.15) is 0 Å². The van der Waals surface area contributed by atoms with Gasteiger partial charge in [-0.05, 0) is 120 Å². The number of fused-ring (bicyclic) bond motifs is 6. The molecule has 0 fully saturated rings.